The highest BCUT2D eigenvalue weighted by Crippen LogP contribution is 2.26. The second-order valence-electron chi connectivity index (χ2n) is 5.70. The Kier molecular flexibility index (Phi) is 5.11. The van der Waals surface area contributed by atoms with Gasteiger partial charge in [-0.1, -0.05) is 25.1 Å². The zero-order valence-electron chi connectivity index (χ0n) is 14.1. The second kappa shape index (κ2) is 7.29. The van der Waals surface area contributed by atoms with Gasteiger partial charge >= 0.3 is 0 Å². The van der Waals surface area contributed by atoms with Gasteiger partial charge in [0.05, 0.1) is 0 Å². The second-order valence-corrected chi connectivity index (χ2v) is 8.77. The number of para-hydroxylation sites is 1. The first-order valence-corrected chi connectivity index (χ1v) is 10.3. The van der Waals surface area contributed by atoms with Crippen LogP contribution in [0.15, 0.2) is 64.9 Å². The number of benzene rings is 2. The molecule has 25 heavy (non-hydrogen) atoms. The molecule has 2 aromatic carbocycles. The van der Waals surface area contributed by atoms with E-state index in [9.17, 15) is 8.42 Å². The maximum Gasteiger partial charge on any atom is 0.271 e. The van der Waals surface area contributed by atoms with Crippen LogP contribution in [0, 0.1) is 6.92 Å². The summed E-state index contributed by atoms with van der Waals surface area (Å²) in [6.45, 7) is 4.05. The molecule has 1 heterocycles. The van der Waals surface area contributed by atoms with E-state index in [1.54, 1.807) is 18.2 Å². The minimum absolute atomic E-state index is 0.339. The molecule has 3 rings (SSSR count). The molecule has 0 amide bonds. The van der Waals surface area contributed by atoms with Gasteiger partial charge in [-0.3, -0.25) is 4.72 Å². The first kappa shape index (κ1) is 17.5. The number of aryl methyl sites for hydroxylation is 2. The SMILES string of the molecule is CCc1ccc(S(=O)(=O)Nc2ccc(Nc3ccccc3C)cc2)s1. The summed E-state index contributed by atoms with van der Waals surface area (Å²) in [6.07, 6.45) is 0.833. The summed E-state index contributed by atoms with van der Waals surface area (Å²) < 4.78 is 27.8. The van der Waals surface area contributed by atoms with Crippen molar-refractivity contribution in [2.75, 3.05) is 10.0 Å². The first-order chi connectivity index (χ1) is 12.0. The molecular formula is C19H20N2O2S2. The molecule has 0 aliphatic carbocycles. The molecule has 0 aliphatic heterocycles. The lowest BCUT2D eigenvalue weighted by atomic mass is 10.2. The van der Waals surface area contributed by atoms with Crippen molar-refractivity contribution in [3.8, 4) is 0 Å². The van der Waals surface area contributed by atoms with Gasteiger partial charge in [-0.05, 0) is 61.4 Å². The molecule has 0 fully saturated rings. The fraction of sp³-hybridized carbons (Fsp3) is 0.158. The first-order valence-electron chi connectivity index (χ1n) is 8.02. The van der Waals surface area contributed by atoms with Crippen LogP contribution in [0.1, 0.15) is 17.4 Å². The summed E-state index contributed by atoms with van der Waals surface area (Å²) in [4.78, 5) is 1.05. The summed E-state index contributed by atoms with van der Waals surface area (Å²) in [5, 5.41) is 3.33. The van der Waals surface area contributed by atoms with Crippen LogP contribution in [0.2, 0.25) is 0 Å². The number of rotatable bonds is 6. The van der Waals surface area contributed by atoms with Crippen molar-refractivity contribution >= 4 is 38.4 Å². The number of hydrogen-bond acceptors (Lipinski definition) is 4. The van der Waals surface area contributed by atoms with Crippen LogP contribution in [0.3, 0.4) is 0 Å². The van der Waals surface area contributed by atoms with Crippen LogP contribution in [-0.4, -0.2) is 8.42 Å². The lowest BCUT2D eigenvalue weighted by Gasteiger charge is -2.11. The third kappa shape index (κ3) is 4.21. The van der Waals surface area contributed by atoms with Crippen molar-refractivity contribution in [2.45, 2.75) is 24.5 Å². The normalized spacial score (nSPS) is 11.3. The maximum absolute atomic E-state index is 12.4. The van der Waals surface area contributed by atoms with E-state index in [1.807, 2.05) is 56.3 Å². The Labute approximate surface area is 152 Å². The van der Waals surface area contributed by atoms with Crippen LogP contribution >= 0.6 is 11.3 Å². The van der Waals surface area contributed by atoms with Gasteiger partial charge in [-0.2, -0.15) is 0 Å². The average Bonchev–Trinajstić information content (AvgIpc) is 3.09. The van der Waals surface area contributed by atoms with E-state index in [4.69, 9.17) is 0 Å². The zero-order valence-corrected chi connectivity index (χ0v) is 15.7. The monoisotopic (exact) mass is 372 g/mol. The number of sulfonamides is 1. The predicted molar refractivity (Wildman–Crippen MR) is 105 cm³/mol. The standard InChI is InChI=1S/C19H20N2O2S2/c1-3-17-12-13-19(24-17)25(22,23)21-16-10-8-15(9-11-16)20-18-7-5-4-6-14(18)2/h4-13,20-21H,3H2,1-2H3. The molecule has 0 atom stereocenters. The van der Waals surface area contributed by atoms with Crippen molar-refractivity contribution in [3.63, 3.8) is 0 Å². The van der Waals surface area contributed by atoms with Crippen LogP contribution in [-0.2, 0) is 16.4 Å². The van der Waals surface area contributed by atoms with E-state index >= 15 is 0 Å². The molecule has 0 unspecified atom stereocenters. The van der Waals surface area contributed by atoms with Crippen LogP contribution in [0.4, 0.5) is 17.1 Å². The van der Waals surface area contributed by atoms with Crippen molar-refractivity contribution in [2.24, 2.45) is 0 Å². The van der Waals surface area contributed by atoms with Crippen LogP contribution in [0.25, 0.3) is 0 Å². The van der Waals surface area contributed by atoms with Gasteiger partial charge in [-0.25, -0.2) is 8.42 Å². The number of anilines is 3. The Morgan fingerprint density at radius 1 is 0.920 bits per heavy atom. The molecule has 0 saturated heterocycles. The summed E-state index contributed by atoms with van der Waals surface area (Å²) in [5.41, 5.74) is 3.63. The minimum atomic E-state index is -3.53. The van der Waals surface area contributed by atoms with E-state index in [2.05, 4.69) is 10.0 Å². The Hall–Kier alpha value is -2.31. The third-order valence-corrected chi connectivity index (χ3v) is 6.91. The van der Waals surface area contributed by atoms with Gasteiger partial charge in [0, 0.05) is 21.9 Å². The molecule has 130 valence electrons. The Balaban J connectivity index is 1.73. The molecule has 0 saturated carbocycles. The van der Waals surface area contributed by atoms with Gasteiger partial charge in [0.15, 0.2) is 0 Å². The Morgan fingerprint density at radius 3 is 2.24 bits per heavy atom. The fourth-order valence-electron chi connectivity index (χ4n) is 2.39. The Morgan fingerprint density at radius 2 is 1.60 bits per heavy atom. The smallest absolute Gasteiger partial charge is 0.271 e. The quantitative estimate of drug-likeness (QED) is 0.628. The summed E-state index contributed by atoms with van der Waals surface area (Å²) >= 11 is 1.30. The van der Waals surface area contributed by atoms with Crippen LogP contribution in [0.5, 0.6) is 0 Å². The van der Waals surface area contributed by atoms with Gasteiger partial charge in [-0.15, -0.1) is 11.3 Å². The summed E-state index contributed by atoms with van der Waals surface area (Å²) in [6, 6.07) is 18.8. The Bertz CT molecular complexity index is 961. The molecule has 3 aromatic rings. The summed E-state index contributed by atoms with van der Waals surface area (Å²) in [7, 11) is -3.53. The lowest BCUT2D eigenvalue weighted by molar-refractivity contribution is 0.603. The fourth-order valence-corrected chi connectivity index (χ4v) is 4.74. The largest absolute Gasteiger partial charge is 0.355 e. The van der Waals surface area contributed by atoms with Crippen molar-refractivity contribution in [1.29, 1.82) is 0 Å². The molecule has 4 nitrogen and oxygen atoms in total. The van der Waals surface area contributed by atoms with E-state index in [1.165, 1.54) is 11.3 Å². The molecule has 0 radical (unpaired) electrons. The predicted octanol–water partition coefficient (Wildman–Crippen LogP) is 5.16. The molecule has 0 bridgehead atoms. The number of hydrogen-bond donors (Lipinski definition) is 2. The van der Waals surface area contributed by atoms with Crippen molar-refractivity contribution < 1.29 is 8.42 Å². The van der Waals surface area contributed by atoms with E-state index in [0.717, 1.165) is 28.2 Å². The van der Waals surface area contributed by atoms with E-state index in [0.29, 0.717) is 9.90 Å². The van der Waals surface area contributed by atoms with Crippen LogP contribution < -0.4 is 10.0 Å². The molecule has 2 N–H and O–H groups in total. The molecule has 6 heteroatoms. The minimum Gasteiger partial charge on any atom is -0.355 e. The highest BCUT2D eigenvalue weighted by molar-refractivity contribution is 7.94. The van der Waals surface area contributed by atoms with Crippen molar-refractivity contribution in [1.82, 2.24) is 0 Å². The zero-order chi connectivity index (χ0) is 17.9. The molecule has 0 spiro atoms. The van der Waals surface area contributed by atoms with E-state index in [-0.39, 0.29) is 0 Å². The lowest BCUT2D eigenvalue weighted by Crippen LogP contribution is -2.11. The van der Waals surface area contributed by atoms with Gasteiger partial charge in [0.2, 0.25) is 0 Å². The molecule has 0 aliphatic rings. The highest BCUT2D eigenvalue weighted by Gasteiger charge is 2.16. The maximum atomic E-state index is 12.4. The number of nitrogens with one attached hydrogen (secondary N) is 2. The van der Waals surface area contributed by atoms with Gasteiger partial charge in [0.25, 0.3) is 10.0 Å². The molecule has 1 aromatic heterocycles. The van der Waals surface area contributed by atoms with Crippen molar-refractivity contribution in [3.05, 3.63) is 71.1 Å². The number of thiophene rings is 1. The third-order valence-electron chi connectivity index (χ3n) is 3.81. The topological polar surface area (TPSA) is 58.2 Å². The average molecular weight is 373 g/mol. The molecular weight excluding hydrogens is 352 g/mol. The van der Waals surface area contributed by atoms with Gasteiger partial charge in [0.1, 0.15) is 4.21 Å². The van der Waals surface area contributed by atoms with Gasteiger partial charge < -0.3 is 5.32 Å². The summed E-state index contributed by atoms with van der Waals surface area (Å²) in [5.74, 6) is 0. The highest BCUT2D eigenvalue weighted by atomic mass is 32.2. The van der Waals surface area contributed by atoms with E-state index < -0.39 is 10.0 Å².